The molecule has 6 heteroatoms. The van der Waals surface area contributed by atoms with Crippen molar-refractivity contribution in [2.24, 2.45) is 0 Å². The third kappa shape index (κ3) is 5.25. The molecule has 0 saturated carbocycles. The number of hydrogen-bond acceptors (Lipinski definition) is 4. The molecule has 1 aliphatic heterocycles. The molecular weight excluding hydrogens is 296 g/mol. The minimum Gasteiger partial charge on any atom is -0.497 e. The van der Waals surface area contributed by atoms with Crippen LogP contribution in [0, 0.1) is 0 Å². The molecule has 0 bridgehead atoms. The number of carbonyl (C=O) groups is 2. The Morgan fingerprint density at radius 3 is 2.39 bits per heavy atom. The fraction of sp³-hybridized carbons (Fsp3) is 0.529. The Kier molecular flexibility index (Phi) is 6.40. The lowest BCUT2D eigenvalue weighted by molar-refractivity contribution is -0.131. The summed E-state index contributed by atoms with van der Waals surface area (Å²) < 4.78 is 9.91. The van der Waals surface area contributed by atoms with E-state index in [4.69, 9.17) is 9.47 Å². The van der Waals surface area contributed by atoms with Crippen LogP contribution in [0.2, 0.25) is 0 Å². The van der Waals surface area contributed by atoms with Crippen molar-refractivity contribution in [2.75, 3.05) is 33.9 Å². The first-order chi connectivity index (χ1) is 11.1. The van der Waals surface area contributed by atoms with Crippen LogP contribution < -0.4 is 10.1 Å². The highest BCUT2D eigenvalue weighted by molar-refractivity contribution is 5.79. The Morgan fingerprint density at radius 1 is 1.17 bits per heavy atom. The number of likely N-dealkylation sites (tertiary alicyclic amines) is 1. The Labute approximate surface area is 136 Å². The molecule has 23 heavy (non-hydrogen) atoms. The summed E-state index contributed by atoms with van der Waals surface area (Å²) in [4.78, 5) is 25.7. The Balaban J connectivity index is 1.77. The van der Waals surface area contributed by atoms with Crippen molar-refractivity contribution in [3.63, 3.8) is 0 Å². The summed E-state index contributed by atoms with van der Waals surface area (Å²) in [5.74, 6) is 0.807. The predicted molar refractivity (Wildman–Crippen MR) is 86.3 cm³/mol. The van der Waals surface area contributed by atoms with Crippen LogP contribution in [-0.4, -0.2) is 56.7 Å². The van der Waals surface area contributed by atoms with Gasteiger partial charge < -0.3 is 19.7 Å². The van der Waals surface area contributed by atoms with E-state index < -0.39 is 0 Å². The summed E-state index contributed by atoms with van der Waals surface area (Å²) in [6.45, 7) is 1.43. The van der Waals surface area contributed by atoms with E-state index in [1.807, 2.05) is 29.2 Å². The minimum absolute atomic E-state index is 0.0800. The lowest BCUT2D eigenvalue weighted by Gasteiger charge is -2.32. The molecule has 1 aromatic rings. The molecule has 2 rings (SSSR count). The van der Waals surface area contributed by atoms with Crippen LogP contribution >= 0.6 is 0 Å². The summed E-state index contributed by atoms with van der Waals surface area (Å²) >= 11 is 0. The van der Waals surface area contributed by atoms with E-state index in [0.29, 0.717) is 19.5 Å². The molecule has 1 N–H and O–H groups in total. The number of benzene rings is 1. The molecular formula is C17H24N2O4. The summed E-state index contributed by atoms with van der Waals surface area (Å²) in [6, 6.07) is 7.67. The van der Waals surface area contributed by atoms with Crippen molar-refractivity contribution in [3.8, 4) is 5.75 Å². The third-order valence-corrected chi connectivity index (χ3v) is 4.00. The summed E-state index contributed by atoms with van der Waals surface area (Å²) in [5, 5.41) is 2.93. The maximum absolute atomic E-state index is 12.3. The highest BCUT2D eigenvalue weighted by Gasteiger charge is 2.23. The quantitative estimate of drug-likeness (QED) is 0.849. The van der Waals surface area contributed by atoms with E-state index in [9.17, 15) is 9.59 Å². The smallest absolute Gasteiger partial charge is 0.246 e. The van der Waals surface area contributed by atoms with Gasteiger partial charge in [0, 0.05) is 26.2 Å². The van der Waals surface area contributed by atoms with Gasteiger partial charge in [0.15, 0.2) is 0 Å². The maximum atomic E-state index is 12.3. The molecule has 0 aromatic heterocycles. The standard InChI is InChI=1S/C17H24N2O4/c1-22-12-16(20)18-14-7-9-19(10-8-14)17(21)11-13-3-5-15(23-2)6-4-13/h3-6,14H,7-12H2,1-2H3,(H,18,20). The molecule has 0 unspecified atom stereocenters. The number of rotatable bonds is 6. The molecule has 1 aliphatic rings. The van der Waals surface area contributed by atoms with E-state index in [-0.39, 0.29) is 24.5 Å². The molecule has 1 fully saturated rings. The van der Waals surface area contributed by atoms with E-state index in [0.717, 1.165) is 24.2 Å². The second kappa shape index (κ2) is 8.53. The maximum Gasteiger partial charge on any atom is 0.246 e. The van der Waals surface area contributed by atoms with Crippen LogP contribution in [0.15, 0.2) is 24.3 Å². The number of hydrogen-bond donors (Lipinski definition) is 1. The number of carbonyl (C=O) groups excluding carboxylic acids is 2. The van der Waals surface area contributed by atoms with Crippen LogP contribution in [0.3, 0.4) is 0 Å². The van der Waals surface area contributed by atoms with Gasteiger partial charge in [0.2, 0.25) is 11.8 Å². The average molecular weight is 320 g/mol. The van der Waals surface area contributed by atoms with Gasteiger partial charge in [0.1, 0.15) is 12.4 Å². The van der Waals surface area contributed by atoms with Gasteiger partial charge in [-0.05, 0) is 30.5 Å². The van der Waals surface area contributed by atoms with E-state index in [1.54, 1.807) is 7.11 Å². The number of piperidine rings is 1. The zero-order valence-electron chi connectivity index (χ0n) is 13.7. The monoisotopic (exact) mass is 320 g/mol. The minimum atomic E-state index is -0.101. The average Bonchev–Trinajstić information content (AvgIpc) is 2.56. The molecule has 0 spiro atoms. The van der Waals surface area contributed by atoms with Gasteiger partial charge >= 0.3 is 0 Å². The molecule has 1 heterocycles. The second-order valence-corrected chi connectivity index (χ2v) is 5.68. The van der Waals surface area contributed by atoms with Gasteiger partial charge in [0.25, 0.3) is 0 Å². The predicted octanol–water partition coefficient (Wildman–Crippen LogP) is 0.991. The lowest BCUT2D eigenvalue weighted by atomic mass is 10.0. The molecule has 1 aromatic carbocycles. The normalized spacial score (nSPS) is 15.3. The topological polar surface area (TPSA) is 67.9 Å². The van der Waals surface area contributed by atoms with Gasteiger partial charge in [-0.2, -0.15) is 0 Å². The first-order valence-electron chi connectivity index (χ1n) is 7.81. The van der Waals surface area contributed by atoms with Gasteiger partial charge in [-0.1, -0.05) is 12.1 Å². The molecule has 0 aliphatic carbocycles. The Bertz CT molecular complexity index is 522. The highest BCUT2D eigenvalue weighted by Crippen LogP contribution is 2.15. The second-order valence-electron chi connectivity index (χ2n) is 5.68. The van der Waals surface area contributed by atoms with E-state index >= 15 is 0 Å². The third-order valence-electron chi connectivity index (χ3n) is 4.00. The molecule has 126 valence electrons. The number of methoxy groups -OCH3 is 2. The molecule has 6 nitrogen and oxygen atoms in total. The lowest BCUT2D eigenvalue weighted by Crippen LogP contribution is -2.47. The van der Waals surface area contributed by atoms with Crippen LogP contribution in [0.5, 0.6) is 5.75 Å². The zero-order chi connectivity index (χ0) is 16.7. The largest absolute Gasteiger partial charge is 0.497 e. The summed E-state index contributed by atoms with van der Waals surface area (Å²) in [6.07, 6.45) is 1.96. The Hall–Kier alpha value is -2.08. The number of nitrogens with one attached hydrogen (secondary N) is 1. The van der Waals surface area contributed by atoms with Crippen molar-refractivity contribution < 1.29 is 19.1 Å². The highest BCUT2D eigenvalue weighted by atomic mass is 16.5. The van der Waals surface area contributed by atoms with Gasteiger partial charge in [-0.3, -0.25) is 9.59 Å². The number of amides is 2. The Morgan fingerprint density at radius 2 is 1.83 bits per heavy atom. The van der Waals surface area contributed by atoms with Crippen molar-refractivity contribution in [1.29, 1.82) is 0 Å². The molecule has 1 saturated heterocycles. The zero-order valence-corrected chi connectivity index (χ0v) is 13.7. The van der Waals surface area contributed by atoms with Gasteiger partial charge in [-0.15, -0.1) is 0 Å². The first kappa shape index (κ1) is 17.3. The van der Waals surface area contributed by atoms with Crippen molar-refractivity contribution >= 4 is 11.8 Å². The van der Waals surface area contributed by atoms with Gasteiger partial charge in [0.05, 0.1) is 13.5 Å². The number of nitrogens with zero attached hydrogens (tertiary/aromatic N) is 1. The molecule has 2 amide bonds. The molecule has 0 radical (unpaired) electrons. The van der Waals surface area contributed by atoms with Gasteiger partial charge in [-0.25, -0.2) is 0 Å². The van der Waals surface area contributed by atoms with E-state index in [2.05, 4.69) is 5.32 Å². The number of ether oxygens (including phenoxy) is 2. The molecule has 0 atom stereocenters. The summed E-state index contributed by atoms with van der Waals surface area (Å²) in [5.41, 5.74) is 0.978. The van der Waals surface area contributed by atoms with Crippen LogP contribution in [-0.2, 0) is 20.7 Å². The van der Waals surface area contributed by atoms with Crippen molar-refractivity contribution in [3.05, 3.63) is 29.8 Å². The fourth-order valence-corrected chi connectivity index (χ4v) is 2.70. The van der Waals surface area contributed by atoms with Crippen LogP contribution in [0.4, 0.5) is 0 Å². The summed E-state index contributed by atoms with van der Waals surface area (Å²) in [7, 11) is 3.12. The van der Waals surface area contributed by atoms with Crippen LogP contribution in [0.1, 0.15) is 18.4 Å². The SMILES string of the molecule is COCC(=O)NC1CCN(C(=O)Cc2ccc(OC)cc2)CC1. The van der Waals surface area contributed by atoms with Crippen LogP contribution in [0.25, 0.3) is 0 Å². The van der Waals surface area contributed by atoms with Crippen molar-refractivity contribution in [1.82, 2.24) is 10.2 Å². The van der Waals surface area contributed by atoms with Crippen molar-refractivity contribution in [2.45, 2.75) is 25.3 Å². The van der Waals surface area contributed by atoms with E-state index in [1.165, 1.54) is 7.11 Å². The fourth-order valence-electron chi connectivity index (χ4n) is 2.70. The first-order valence-corrected chi connectivity index (χ1v) is 7.81.